The number of nitrogens with one attached hydrogen (secondary N) is 2. The molecule has 2 rings (SSSR count). The number of hydrogen-bond acceptors (Lipinski definition) is 3. The largest absolute Gasteiger partial charge is 0.380 e. The number of nitrogens with zero attached hydrogens (tertiary/aromatic N) is 1. The predicted molar refractivity (Wildman–Crippen MR) is 82.4 cm³/mol. The number of benzene rings is 1. The third-order valence-electron chi connectivity index (χ3n) is 3.15. The molecule has 0 atom stereocenters. The molecular formula is C16H21N3O2. The van der Waals surface area contributed by atoms with Gasteiger partial charge >= 0.3 is 0 Å². The van der Waals surface area contributed by atoms with E-state index in [0.29, 0.717) is 18.0 Å². The number of aromatic amines is 1. The Labute approximate surface area is 124 Å². The highest BCUT2D eigenvalue weighted by atomic mass is 16.5. The maximum absolute atomic E-state index is 12.1. The minimum absolute atomic E-state index is 0.0300. The first-order valence-corrected chi connectivity index (χ1v) is 6.85. The van der Waals surface area contributed by atoms with Crippen molar-refractivity contribution < 1.29 is 9.53 Å². The summed E-state index contributed by atoms with van der Waals surface area (Å²) in [6.45, 7) is 6.79. The average molecular weight is 287 g/mol. The molecular weight excluding hydrogens is 266 g/mol. The van der Waals surface area contributed by atoms with E-state index in [1.165, 1.54) is 0 Å². The summed E-state index contributed by atoms with van der Waals surface area (Å²) in [5, 5.41) is 9.85. The van der Waals surface area contributed by atoms with Gasteiger partial charge in [-0.1, -0.05) is 32.9 Å². The summed E-state index contributed by atoms with van der Waals surface area (Å²) in [4.78, 5) is 12.1. The van der Waals surface area contributed by atoms with Gasteiger partial charge in [-0.05, 0) is 17.7 Å². The molecule has 5 heteroatoms. The summed E-state index contributed by atoms with van der Waals surface area (Å²) in [7, 11) is 1.64. The summed E-state index contributed by atoms with van der Waals surface area (Å²) in [5.41, 5.74) is 2.57. The van der Waals surface area contributed by atoms with Gasteiger partial charge in [0.05, 0.1) is 6.61 Å². The Morgan fingerprint density at radius 2 is 1.95 bits per heavy atom. The Morgan fingerprint density at radius 3 is 2.48 bits per heavy atom. The molecule has 0 spiro atoms. The third-order valence-corrected chi connectivity index (χ3v) is 3.15. The second kappa shape index (κ2) is 6.10. The topological polar surface area (TPSA) is 67.0 Å². The molecule has 0 bridgehead atoms. The summed E-state index contributed by atoms with van der Waals surface area (Å²) in [6, 6.07) is 9.17. The molecule has 0 aliphatic carbocycles. The first-order valence-electron chi connectivity index (χ1n) is 6.85. The number of carbonyl (C=O) groups is 1. The molecule has 0 saturated heterocycles. The van der Waals surface area contributed by atoms with Crippen LogP contribution in [0.3, 0.4) is 0 Å². The summed E-state index contributed by atoms with van der Waals surface area (Å²) < 4.78 is 5.04. The number of methoxy groups -OCH3 is 1. The molecule has 0 aliphatic rings. The number of carbonyl (C=O) groups excluding carboxylic acids is 1. The molecule has 21 heavy (non-hydrogen) atoms. The van der Waals surface area contributed by atoms with E-state index in [1.807, 2.05) is 18.2 Å². The number of rotatable bonds is 4. The van der Waals surface area contributed by atoms with Crippen LogP contribution >= 0.6 is 0 Å². The van der Waals surface area contributed by atoms with E-state index in [4.69, 9.17) is 4.74 Å². The Balaban J connectivity index is 2.05. The molecule has 0 radical (unpaired) electrons. The smallest absolute Gasteiger partial charge is 0.256 e. The highest BCUT2D eigenvalue weighted by Gasteiger charge is 2.17. The quantitative estimate of drug-likeness (QED) is 0.908. The van der Waals surface area contributed by atoms with Gasteiger partial charge in [-0.2, -0.15) is 5.10 Å². The molecule has 1 amide bonds. The van der Waals surface area contributed by atoms with Gasteiger partial charge in [-0.3, -0.25) is 9.89 Å². The monoisotopic (exact) mass is 287 g/mol. The SMILES string of the molecule is COCc1ccc(C(=O)Nc2cc(C(C)(C)C)[nH]n2)cc1. The van der Waals surface area contributed by atoms with Crippen molar-refractivity contribution in [1.29, 1.82) is 0 Å². The van der Waals surface area contributed by atoms with Gasteiger partial charge in [0, 0.05) is 29.8 Å². The highest BCUT2D eigenvalue weighted by Crippen LogP contribution is 2.22. The lowest BCUT2D eigenvalue weighted by Crippen LogP contribution is -2.12. The molecule has 112 valence electrons. The molecule has 0 aliphatic heterocycles. The van der Waals surface area contributed by atoms with E-state index in [-0.39, 0.29) is 11.3 Å². The third kappa shape index (κ3) is 3.92. The lowest BCUT2D eigenvalue weighted by Gasteiger charge is -2.14. The zero-order valence-electron chi connectivity index (χ0n) is 12.9. The van der Waals surface area contributed by atoms with E-state index in [2.05, 4.69) is 36.3 Å². The molecule has 1 heterocycles. The van der Waals surface area contributed by atoms with Gasteiger partial charge in [0.2, 0.25) is 0 Å². The Bertz CT molecular complexity index is 609. The molecule has 0 unspecified atom stereocenters. The van der Waals surface area contributed by atoms with Crippen molar-refractivity contribution in [1.82, 2.24) is 10.2 Å². The minimum atomic E-state index is -0.175. The van der Waals surface area contributed by atoms with Crippen molar-refractivity contribution in [3.63, 3.8) is 0 Å². The fourth-order valence-corrected chi connectivity index (χ4v) is 1.88. The van der Waals surface area contributed by atoms with Gasteiger partial charge in [0.15, 0.2) is 5.82 Å². The van der Waals surface area contributed by atoms with Crippen LogP contribution in [0.1, 0.15) is 42.4 Å². The number of hydrogen-bond donors (Lipinski definition) is 2. The second-order valence-electron chi connectivity index (χ2n) is 6.00. The molecule has 1 aromatic heterocycles. The maximum atomic E-state index is 12.1. The molecule has 0 saturated carbocycles. The Hall–Kier alpha value is -2.14. The molecule has 2 aromatic rings. The number of aromatic nitrogens is 2. The van der Waals surface area contributed by atoms with Gasteiger partial charge in [0.1, 0.15) is 0 Å². The van der Waals surface area contributed by atoms with Crippen LogP contribution in [0.25, 0.3) is 0 Å². The van der Waals surface area contributed by atoms with Crippen molar-refractivity contribution >= 4 is 11.7 Å². The van der Waals surface area contributed by atoms with E-state index >= 15 is 0 Å². The Morgan fingerprint density at radius 1 is 1.29 bits per heavy atom. The van der Waals surface area contributed by atoms with Crippen LogP contribution in [0.2, 0.25) is 0 Å². The molecule has 0 fully saturated rings. The predicted octanol–water partition coefficient (Wildman–Crippen LogP) is 3.11. The molecule has 1 aromatic carbocycles. The zero-order valence-corrected chi connectivity index (χ0v) is 12.9. The van der Waals surface area contributed by atoms with Crippen molar-refractivity contribution in [2.75, 3.05) is 12.4 Å². The van der Waals surface area contributed by atoms with Crippen molar-refractivity contribution in [2.45, 2.75) is 32.8 Å². The average Bonchev–Trinajstić information content (AvgIpc) is 2.88. The fourth-order valence-electron chi connectivity index (χ4n) is 1.88. The van der Waals surface area contributed by atoms with Crippen LogP contribution in [-0.2, 0) is 16.8 Å². The maximum Gasteiger partial charge on any atom is 0.256 e. The van der Waals surface area contributed by atoms with Crippen molar-refractivity contribution in [3.05, 3.63) is 47.2 Å². The van der Waals surface area contributed by atoms with Gasteiger partial charge in [-0.15, -0.1) is 0 Å². The van der Waals surface area contributed by atoms with E-state index in [9.17, 15) is 4.79 Å². The highest BCUT2D eigenvalue weighted by molar-refractivity contribution is 6.03. The van der Waals surface area contributed by atoms with Crippen LogP contribution in [0.5, 0.6) is 0 Å². The van der Waals surface area contributed by atoms with Crippen LogP contribution in [0.15, 0.2) is 30.3 Å². The van der Waals surface area contributed by atoms with Crippen molar-refractivity contribution in [3.8, 4) is 0 Å². The minimum Gasteiger partial charge on any atom is -0.380 e. The van der Waals surface area contributed by atoms with E-state index < -0.39 is 0 Å². The number of anilines is 1. The normalized spacial score (nSPS) is 11.4. The van der Waals surface area contributed by atoms with Gasteiger partial charge in [-0.25, -0.2) is 0 Å². The number of amides is 1. The zero-order chi connectivity index (χ0) is 15.5. The van der Waals surface area contributed by atoms with Crippen LogP contribution < -0.4 is 5.32 Å². The summed E-state index contributed by atoms with van der Waals surface area (Å²) >= 11 is 0. The first-order chi connectivity index (χ1) is 9.90. The van der Waals surface area contributed by atoms with Gasteiger partial charge < -0.3 is 10.1 Å². The van der Waals surface area contributed by atoms with Crippen molar-refractivity contribution in [2.24, 2.45) is 0 Å². The molecule has 2 N–H and O–H groups in total. The van der Waals surface area contributed by atoms with Crippen LogP contribution in [0.4, 0.5) is 5.82 Å². The van der Waals surface area contributed by atoms with E-state index in [1.54, 1.807) is 19.2 Å². The standard InChI is InChI=1S/C16H21N3O2/c1-16(2,3)13-9-14(19-18-13)17-15(20)12-7-5-11(6-8-12)10-21-4/h5-9H,10H2,1-4H3,(H2,17,18,19,20). The Kier molecular flexibility index (Phi) is 4.43. The second-order valence-corrected chi connectivity index (χ2v) is 6.00. The van der Waals surface area contributed by atoms with Gasteiger partial charge in [0.25, 0.3) is 5.91 Å². The number of H-pyrrole nitrogens is 1. The van der Waals surface area contributed by atoms with Crippen LogP contribution in [0, 0.1) is 0 Å². The molecule has 5 nitrogen and oxygen atoms in total. The summed E-state index contributed by atoms with van der Waals surface area (Å²) in [5.74, 6) is 0.358. The van der Waals surface area contributed by atoms with E-state index in [0.717, 1.165) is 11.3 Å². The van der Waals surface area contributed by atoms with Crippen LogP contribution in [-0.4, -0.2) is 23.2 Å². The fraction of sp³-hybridized carbons (Fsp3) is 0.375. The first kappa shape index (κ1) is 15.3. The number of ether oxygens (including phenoxy) is 1. The lowest BCUT2D eigenvalue weighted by atomic mass is 9.92. The summed E-state index contributed by atoms with van der Waals surface area (Å²) in [6.07, 6.45) is 0. The lowest BCUT2D eigenvalue weighted by molar-refractivity contribution is 0.102.